The van der Waals surface area contributed by atoms with E-state index in [-0.39, 0.29) is 27.6 Å². The van der Waals surface area contributed by atoms with E-state index in [9.17, 15) is 9.59 Å². The molecule has 0 aliphatic rings. The quantitative estimate of drug-likeness (QED) is 0.693. The van der Waals surface area contributed by atoms with Gasteiger partial charge in [-0.15, -0.1) is 0 Å². The van der Waals surface area contributed by atoms with E-state index in [4.69, 9.17) is 32.3 Å². The summed E-state index contributed by atoms with van der Waals surface area (Å²) in [4.78, 5) is 21.6. The number of nitrogen functional groups attached to an aromatic ring is 1. The SMILES string of the molecule is COc1c(C(=O)O)cc(C(=O)O)c(N)c1Cl. The predicted molar refractivity (Wildman–Crippen MR) is 56.3 cm³/mol. The third kappa shape index (κ3) is 1.87. The first-order valence-electron chi connectivity index (χ1n) is 4.02. The molecule has 0 aliphatic heterocycles. The molecule has 7 heteroatoms. The smallest absolute Gasteiger partial charge is 0.339 e. The summed E-state index contributed by atoms with van der Waals surface area (Å²) in [6.07, 6.45) is 0. The van der Waals surface area contributed by atoms with Gasteiger partial charge in [-0.25, -0.2) is 9.59 Å². The normalized spacial score (nSPS) is 9.88. The summed E-state index contributed by atoms with van der Waals surface area (Å²) in [5.41, 5.74) is 4.50. The van der Waals surface area contributed by atoms with Crippen LogP contribution in [0, 0.1) is 0 Å². The molecule has 0 radical (unpaired) electrons. The van der Waals surface area contributed by atoms with Crippen LogP contribution in [-0.2, 0) is 0 Å². The van der Waals surface area contributed by atoms with E-state index in [1.807, 2.05) is 0 Å². The number of rotatable bonds is 3. The van der Waals surface area contributed by atoms with Crippen LogP contribution in [0.3, 0.4) is 0 Å². The molecule has 0 amide bonds. The Kier molecular flexibility index (Phi) is 3.24. The standard InChI is InChI=1S/C9H8ClNO5/c1-16-7-4(9(14)15)2-3(8(12)13)6(11)5(7)10/h2H,11H2,1H3,(H,12,13)(H,14,15). The van der Waals surface area contributed by atoms with Gasteiger partial charge in [0.2, 0.25) is 0 Å². The third-order valence-corrected chi connectivity index (χ3v) is 2.30. The minimum absolute atomic E-state index is 0.156. The Morgan fingerprint density at radius 2 is 1.81 bits per heavy atom. The molecule has 6 nitrogen and oxygen atoms in total. The number of hydrogen-bond acceptors (Lipinski definition) is 4. The van der Waals surface area contributed by atoms with Crippen LogP contribution >= 0.6 is 11.6 Å². The molecule has 0 spiro atoms. The Labute approximate surface area is 95.2 Å². The number of hydrogen-bond donors (Lipinski definition) is 3. The molecule has 0 aliphatic carbocycles. The van der Waals surface area contributed by atoms with Gasteiger partial charge in [-0.1, -0.05) is 11.6 Å². The monoisotopic (exact) mass is 245 g/mol. The zero-order valence-corrected chi connectivity index (χ0v) is 8.91. The number of halogens is 1. The van der Waals surface area contributed by atoms with Gasteiger partial charge < -0.3 is 20.7 Å². The summed E-state index contributed by atoms with van der Waals surface area (Å²) in [6, 6.07) is 0.907. The Morgan fingerprint density at radius 3 is 2.19 bits per heavy atom. The fraction of sp³-hybridized carbons (Fsp3) is 0.111. The largest absolute Gasteiger partial charge is 0.494 e. The number of carboxylic acids is 2. The van der Waals surface area contributed by atoms with Crippen LogP contribution in [0.5, 0.6) is 5.75 Å². The molecule has 0 heterocycles. The molecule has 0 fully saturated rings. The Balaban J connectivity index is 3.62. The lowest BCUT2D eigenvalue weighted by Crippen LogP contribution is -2.09. The number of carboxylic acid groups (broad SMARTS) is 2. The lowest BCUT2D eigenvalue weighted by Gasteiger charge is -2.11. The van der Waals surface area contributed by atoms with Crippen molar-refractivity contribution in [2.45, 2.75) is 0 Å². The molecule has 0 atom stereocenters. The minimum atomic E-state index is -1.36. The summed E-state index contributed by atoms with van der Waals surface area (Å²) in [7, 11) is 1.22. The highest BCUT2D eigenvalue weighted by Crippen LogP contribution is 2.36. The number of carbonyl (C=O) groups is 2. The number of nitrogens with two attached hydrogens (primary N) is 1. The maximum absolute atomic E-state index is 10.8. The molecule has 16 heavy (non-hydrogen) atoms. The van der Waals surface area contributed by atoms with Crippen molar-refractivity contribution in [3.05, 3.63) is 22.2 Å². The van der Waals surface area contributed by atoms with Gasteiger partial charge in [-0.3, -0.25) is 0 Å². The molecule has 86 valence electrons. The van der Waals surface area contributed by atoms with Crippen LogP contribution in [0.2, 0.25) is 5.02 Å². The summed E-state index contributed by atoms with van der Waals surface area (Å²) >= 11 is 5.72. The molecule has 1 rings (SSSR count). The van der Waals surface area contributed by atoms with Crippen LogP contribution in [0.1, 0.15) is 20.7 Å². The second kappa shape index (κ2) is 4.28. The topological polar surface area (TPSA) is 110 Å². The van der Waals surface area contributed by atoms with E-state index in [1.165, 1.54) is 7.11 Å². The van der Waals surface area contributed by atoms with E-state index < -0.39 is 11.9 Å². The van der Waals surface area contributed by atoms with Gasteiger partial charge in [0, 0.05) is 0 Å². The predicted octanol–water partition coefficient (Wildman–Crippen LogP) is 1.33. The van der Waals surface area contributed by atoms with Crippen molar-refractivity contribution < 1.29 is 24.5 Å². The highest BCUT2D eigenvalue weighted by atomic mass is 35.5. The zero-order valence-electron chi connectivity index (χ0n) is 8.15. The summed E-state index contributed by atoms with van der Waals surface area (Å²) < 4.78 is 4.77. The number of ether oxygens (including phenoxy) is 1. The van der Waals surface area contributed by atoms with Crippen LogP contribution < -0.4 is 10.5 Å². The van der Waals surface area contributed by atoms with Crippen molar-refractivity contribution in [1.82, 2.24) is 0 Å². The van der Waals surface area contributed by atoms with E-state index in [0.717, 1.165) is 6.07 Å². The number of aromatic carboxylic acids is 2. The lowest BCUT2D eigenvalue weighted by molar-refractivity contribution is 0.0693. The third-order valence-electron chi connectivity index (χ3n) is 1.92. The summed E-state index contributed by atoms with van der Waals surface area (Å²) in [6.45, 7) is 0. The van der Waals surface area contributed by atoms with Crippen LogP contribution in [0.4, 0.5) is 5.69 Å². The van der Waals surface area contributed by atoms with Crippen LogP contribution in [-0.4, -0.2) is 29.3 Å². The number of anilines is 1. The van der Waals surface area contributed by atoms with Crippen LogP contribution in [0.15, 0.2) is 6.07 Å². The number of methoxy groups -OCH3 is 1. The Hall–Kier alpha value is -1.95. The fourth-order valence-corrected chi connectivity index (χ4v) is 1.46. The molecule has 0 saturated carbocycles. The Bertz CT molecular complexity index is 471. The van der Waals surface area contributed by atoms with E-state index in [1.54, 1.807) is 0 Å². The maximum Gasteiger partial charge on any atom is 0.339 e. The average molecular weight is 246 g/mol. The van der Waals surface area contributed by atoms with Gasteiger partial charge in [0.15, 0.2) is 5.75 Å². The summed E-state index contributed by atoms with van der Waals surface area (Å²) in [5, 5.41) is 17.4. The molecule has 0 saturated heterocycles. The number of benzene rings is 1. The van der Waals surface area contributed by atoms with E-state index in [0.29, 0.717) is 0 Å². The first-order valence-corrected chi connectivity index (χ1v) is 4.40. The Morgan fingerprint density at radius 1 is 1.31 bits per heavy atom. The van der Waals surface area contributed by atoms with Crippen molar-refractivity contribution in [3.8, 4) is 5.75 Å². The highest BCUT2D eigenvalue weighted by molar-refractivity contribution is 6.36. The lowest BCUT2D eigenvalue weighted by atomic mass is 10.1. The van der Waals surface area contributed by atoms with Crippen molar-refractivity contribution in [2.24, 2.45) is 0 Å². The van der Waals surface area contributed by atoms with Gasteiger partial charge >= 0.3 is 11.9 Å². The van der Waals surface area contributed by atoms with Crippen molar-refractivity contribution in [2.75, 3.05) is 12.8 Å². The fourth-order valence-electron chi connectivity index (χ4n) is 1.18. The van der Waals surface area contributed by atoms with Crippen molar-refractivity contribution >= 4 is 29.2 Å². The van der Waals surface area contributed by atoms with Gasteiger partial charge in [-0.2, -0.15) is 0 Å². The minimum Gasteiger partial charge on any atom is -0.494 e. The molecule has 4 N–H and O–H groups in total. The van der Waals surface area contributed by atoms with Gasteiger partial charge in [0.1, 0.15) is 10.6 Å². The van der Waals surface area contributed by atoms with Crippen LogP contribution in [0.25, 0.3) is 0 Å². The van der Waals surface area contributed by atoms with Gasteiger partial charge in [0.05, 0.1) is 18.4 Å². The molecule has 0 bridgehead atoms. The van der Waals surface area contributed by atoms with Gasteiger partial charge in [-0.05, 0) is 6.07 Å². The van der Waals surface area contributed by atoms with Crippen molar-refractivity contribution in [1.29, 1.82) is 0 Å². The van der Waals surface area contributed by atoms with E-state index >= 15 is 0 Å². The molecule has 0 aromatic heterocycles. The molecular formula is C9H8ClNO5. The van der Waals surface area contributed by atoms with Gasteiger partial charge in [0.25, 0.3) is 0 Å². The van der Waals surface area contributed by atoms with E-state index in [2.05, 4.69) is 0 Å². The first-order chi connectivity index (χ1) is 7.40. The zero-order chi connectivity index (χ0) is 12.5. The second-order valence-corrected chi connectivity index (χ2v) is 3.22. The molecule has 1 aromatic carbocycles. The first kappa shape index (κ1) is 12.1. The second-order valence-electron chi connectivity index (χ2n) is 2.84. The molecular weight excluding hydrogens is 238 g/mol. The highest BCUT2D eigenvalue weighted by Gasteiger charge is 2.22. The summed E-state index contributed by atoms with van der Waals surface area (Å²) in [5.74, 6) is -2.86. The molecule has 1 aromatic rings. The molecule has 0 unspecified atom stereocenters. The average Bonchev–Trinajstić information content (AvgIpc) is 2.20. The van der Waals surface area contributed by atoms with Crippen molar-refractivity contribution in [3.63, 3.8) is 0 Å². The maximum atomic E-state index is 10.8.